The number of hydrogen-bond donors (Lipinski definition) is 2. The minimum absolute atomic E-state index is 0.00966. The van der Waals surface area contributed by atoms with Crippen LogP contribution in [0.1, 0.15) is 17.2 Å². The highest BCUT2D eigenvalue weighted by molar-refractivity contribution is 6.40. The van der Waals surface area contributed by atoms with E-state index >= 15 is 0 Å². The van der Waals surface area contributed by atoms with Crippen molar-refractivity contribution in [3.63, 3.8) is 0 Å². The minimum Gasteiger partial charge on any atom is -0.378 e. The van der Waals surface area contributed by atoms with Gasteiger partial charge >= 0.3 is 11.8 Å². The summed E-state index contributed by atoms with van der Waals surface area (Å²) in [4.78, 5) is 31.8. The van der Waals surface area contributed by atoms with Crippen molar-refractivity contribution in [3.05, 3.63) is 58.6 Å². The molecule has 1 heterocycles. The topological polar surface area (TPSA) is 67.9 Å². The van der Waals surface area contributed by atoms with Crippen LogP contribution in [0.5, 0.6) is 0 Å². The Kier molecular flexibility index (Phi) is 8.12. The molecule has 2 N–H and O–H groups in total. The Morgan fingerprint density at radius 3 is 2.31 bits per heavy atom. The molecule has 3 rings (SSSR count). The fourth-order valence-electron chi connectivity index (χ4n) is 3.76. The predicted molar refractivity (Wildman–Crippen MR) is 130 cm³/mol. The molecule has 2 aromatic carbocycles. The minimum atomic E-state index is -0.699. The van der Waals surface area contributed by atoms with Crippen LogP contribution in [-0.4, -0.2) is 75.5 Å². The Morgan fingerprint density at radius 2 is 1.69 bits per heavy atom. The molecule has 0 radical (unpaired) electrons. The van der Waals surface area contributed by atoms with Crippen molar-refractivity contribution >= 4 is 34.8 Å². The Labute approximate surface area is 195 Å². The molecule has 1 fully saturated rings. The van der Waals surface area contributed by atoms with Gasteiger partial charge in [-0.3, -0.25) is 14.5 Å². The number of likely N-dealkylation sites (N-methyl/N-ethyl adjacent to an activating group) is 1. The third kappa shape index (κ3) is 6.22. The molecule has 32 heavy (non-hydrogen) atoms. The Hall–Kier alpha value is -2.61. The lowest BCUT2D eigenvalue weighted by atomic mass is 10.0. The third-order valence-electron chi connectivity index (χ3n) is 5.88. The first-order valence-corrected chi connectivity index (χ1v) is 11.2. The predicted octanol–water partition coefficient (Wildman–Crippen LogP) is 2.76. The molecule has 172 valence electrons. The smallest absolute Gasteiger partial charge is 0.313 e. The van der Waals surface area contributed by atoms with Gasteiger partial charge in [0.05, 0.1) is 6.04 Å². The lowest BCUT2D eigenvalue weighted by Gasteiger charge is -2.38. The maximum Gasteiger partial charge on any atom is 0.313 e. The molecule has 1 atom stereocenters. The number of hydrogen-bond acceptors (Lipinski definition) is 5. The molecule has 7 nitrogen and oxygen atoms in total. The van der Waals surface area contributed by atoms with E-state index in [1.165, 1.54) is 0 Å². The highest BCUT2D eigenvalue weighted by Crippen LogP contribution is 2.24. The summed E-state index contributed by atoms with van der Waals surface area (Å²) < 4.78 is 0. The van der Waals surface area contributed by atoms with Gasteiger partial charge in [-0.2, -0.15) is 0 Å². The number of halogens is 1. The fourth-order valence-corrected chi connectivity index (χ4v) is 3.94. The summed E-state index contributed by atoms with van der Waals surface area (Å²) in [5, 5.41) is 5.99. The van der Waals surface area contributed by atoms with Crippen molar-refractivity contribution in [2.24, 2.45) is 0 Å². The summed E-state index contributed by atoms with van der Waals surface area (Å²) in [6, 6.07) is 13.5. The number of piperazine rings is 1. The van der Waals surface area contributed by atoms with Gasteiger partial charge in [0.2, 0.25) is 0 Å². The number of anilines is 2. The average molecular weight is 458 g/mol. The van der Waals surface area contributed by atoms with Crippen LogP contribution < -0.4 is 15.5 Å². The number of nitrogens with zero attached hydrogens (tertiary/aromatic N) is 3. The van der Waals surface area contributed by atoms with Crippen LogP contribution in [0.2, 0.25) is 5.02 Å². The Morgan fingerprint density at radius 1 is 1.03 bits per heavy atom. The zero-order valence-corrected chi connectivity index (χ0v) is 19.9. The van der Waals surface area contributed by atoms with Gasteiger partial charge in [-0.25, -0.2) is 0 Å². The lowest BCUT2D eigenvalue weighted by molar-refractivity contribution is -0.136. The van der Waals surface area contributed by atoms with Crippen LogP contribution in [0.4, 0.5) is 11.4 Å². The number of amides is 2. The average Bonchev–Trinajstić information content (AvgIpc) is 2.77. The van der Waals surface area contributed by atoms with E-state index in [-0.39, 0.29) is 6.04 Å². The molecule has 8 heteroatoms. The highest BCUT2D eigenvalue weighted by atomic mass is 35.5. The monoisotopic (exact) mass is 457 g/mol. The molecular weight excluding hydrogens is 426 g/mol. The van der Waals surface area contributed by atoms with Crippen molar-refractivity contribution in [2.75, 3.05) is 64.1 Å². The highest BCUT2D eigenvalue weighted by Gasteiger charge is 2.25. The lowest BCUT2D eigenvalue weighted by Crippen LogP contribution is -2.49. The second-order valence-electron chi connectivity index (χ2n) is 8.46. The van der Waals surface area contributed by atoms with Crippen LogP contribution in [-0.2, 0) is 9.59 Å². The number of rotatable bonds is 6. The maximum atomic E-state index is 12.6. The van der Waals surface area contributed by atoms with Gasteiger partial charge in [-0.1, -0.05) is 29.8 Å². The fraction of sp³-hybridized carbons (Fsp3) is 0.417. The first-order valence-electron chi connectivity index (χ1n) is 10.8. The molecule has 2 aromatic rings. The Bertz CT molecular complexity index is 940. The number of carbonyl (C=O) groups is 2. The molecule has 2 amide bonds. The Balaban J connectivity index is 1.69. The molecule has 0 spiro atoms. The SMILES string of the molecule is Cc1ccc(Cl)cc1NC(=O)C(=O)NCC(c1ccc(N(C)C)cc1)N1CCN(C)CC1. The van der Waals surface area contributed by atoms with Gasteiger partial charge in [0.15, 0.2) is 0 Å². The zero-order chi connectivity index (χ0) is 23.3. The van der Waals surface area contributed by atoms with Crippen molar-refractivity contribution in [1.29, 1.82) is 0 Å². The quantitative estimate of drug-likeness (QED) is 0.653. The third-order valence-corrected chi connectivity index (χ3v) is 6.12. The van der Waals surface area contributed by atoms with Gasteiger partial charge in [-0.05, 0) is 49.4 Å². The molecule has 1 aliphatic heterocycles. The summed E-state index contributed by atoms with van der Waals surface area (Å²) in [6.45, 7) is 5.95. The summed E-state index contributed by atoms with van der Waals surface area (Å²) in [5.41, 5.74) is 3.61. The van der Waals surface area contributed by atoms with Crippen LogP contribution in [0, 0.1) is 6.92 Å². The van der Waals surface area contributed by atoms with Crippen LogP contribution in [0.25, 0.3) is 0 Å². The van der Waals surface area contributed by atoms with Crippen LogP contribution >= 0.6 is 11.6 Å². The van der Waals surface area contributed by atoms with Crippen molar-refractivity contribution in [3.8, 4) is 0 Å². The van der Waals surface area contributed by atoms with E-state index in [2.05, 4.69) is 56.6 Å². The van der Waals surface area contributed by atoms with Crippen molar-refractivity contribution in [1.82, 2.24) is 15.1 Å². The number of carbonyl (C=O) groups excluding carboxylic acids is 2. The molecule has 1 aliphatic rings. The second-order valence-corrected chi connectivity index (χ2v) is 8.90. The molecule has 0 aromatic heterocycles. The summed E-state index contributed by atoms with van der Waals surface area (Å²) in [6.07, 6.45) is 0. The molecule has 0 bridgehead atoms. The van der Waals surface area contributed by atoms with Gasteiger partial charge < -0.3 is 20.4 Å². The van der Waals surface area contributed by atoms with E-state index in [1.54, 1.807) is 18.2 Å². The van der Waals surface area contributed by atoms with E-state index in [0.29, 0.717) is 17.3 Å². The normalized spacial score (nSPS) is 15.8. The molecule has 1 saturated heterocycles. The van der Waals surface area contributed by atoms with Gasteiger partial charge in [0, 0.05) is 63.2 Å². The first-order chi connectivity index (χ1) is 15.2. The van der Waals surface area contributed by atoms with E-state index in [1.807, 2.05) is 21.0 Å². The number of nitrogens with one attached hydrogen (secondary N) is 2. The van der Waals surface area contributed by atoms with E-state index in [9.17, 15) is 9.59 Å². The van der Waals surface area contributed by atoms with Gasteiger partial charge in [-0.15, -0.1) is 0 Å². The summed E-state index contributed by atoms with van der Waals surface area (Å²) >= 11 is 6.01. The molecule has 0 aliphatic carbocycles. The zero-order valence-electron chi connectivity index (χ0n) is 19.2. The van der Waals surface area contributed by atoms with E-state index < -0.39 is 11.8 Å². The standard InChI is InChI=1S/C24H32ClN5O2/c1-17-5-8-19(25)15-21(17)27-24(32)23(31)26-16-22(30-13-11-29(4)12-14-30)18-6-9-20(10-7-18)28(2)3/h5-10,15,22H,11-14,16H2,1-4H3,(H,26,31)(H,27,32). The largest absolute Gasteiger partial charge is 0.378 e. The van der Waals surface area contributed by atoms with Crippen molar-refractivity contribution in [2.45, 2.75) is 13.0 Å². The molecule has 0 saturated carbocycles. The molecular formula is C24H32ClN5O2. The van der Waals surface area contributed by atoms with Crippen LogP contribution in [0.3, 0.4) is 0 Å². The van der Waals surface area contributed by atoms with E-state index in [4.69, 9.17) is 11.6 Å². The first kappa shape index (κ1) is 24.0. The van der Waals surface area contributed by atoms with Crippen LogP contribution in [0.15, 0.2) is 42.5 Å². The maximum absolute atomic E-state index is 12.6. The van der Waals surface area contributed by atoms with Gasteiger partial charge in [0.25, 0.3) is 0 Å². The van der Waals surface area contributed by atoms with Gasteiger partial charge in [0.1, 0.15) is 0 Å². The van der Waals surface area contributed by atoms with Crippen molar-refractivity contribution < 1.29 is 9.59 Å². The number of aryl methyl sites for hydroxylation is 1. The molecule has 1 unspecified atom stereocenters. The van der Waals surface area contributed by atoms with E-state index in [0.717, 1.165) is 43.0 Å². The number of benzene rings is 2. The second kappa shape index (κ2) is 10.8. The summed E-state index contributed by atoms with van der Waals surface area (Å²) in [7, 11) is 6.13. The summed E-state index contributed by atoms with van der Waals surface area (Å²) in [5.74, 6) is -1.36.